The molecule has 0 aromatic rings. The Bertz CT molecular complexity index is 328. The topological polar surface area (TPSA) is 72.9 Å². The molecule has 1 heterocycles. The fourth-order valence-electron chi connectivity index (χ4n) is 2.59. The molecule has 0 radical (unpaired) electrons. The van der Waals surface area contributed by atoms with Gasteiger partial charge in [-0.3, -0.25) is 9.69 Å². The number of nitrogens with zero attached hydrogens (tertiary/aromatic N) is 2. The van der Waals surface area contributed by atoms with Crippen molar-refractivity contribution >= 4 is 12.0 Å². The highest BCUT2D eigenvalue weighted by molar-refractivity contribution is 5.74. The fourth-order valence-corrected chi connectivity index (χ4v) is 2.59. The predicted molar refractivity (Wildman–Crippen MR) is 82.4 cm³/mol. The van der Waals surface area contributed by atoms with Crippen LogP contribution in [0.5, 0.6) is 0 Å². The molecule has 21 heavy (non-hydrogen) atoms. The number of aliphatic carboxylic acids is 1. The average molecular weight is 299 g/mol. The minimum atomic E-state index is -0.811. The van der Waals surface area contributed by atoms with E-state index < -0.39 is 5.97 Å². The summed E-state index contributed by atoms with van der Waals surface area (Å²) in [7, 11) is 0. The van der Waals surface area contributed by atoms with E-state index in [0.29, 0.717) is 32.1 Å². The third kappa shape index (κ3) is 6.80. The smallest absolute Gasteiger partial charge is 0.317 e. The van der Waals surface area contributed by atoms with E-state index in [2.05, 4.69) is 19.2 Å². The lowest BCUT2D eigenvalue weighted by Crippen LogP contribution is -2.53. The molecule has 0 saturated carbocycles. The highest BCUT2D eigenvalue weighted by Gasteiger charge is 2.22. The summed E-state index contributed by atoms with van der Waals surface area (Å²) in [6, 6.07) is -0.0140. The van der Waals surface area contributed by atoms with Crippen LogP contribution in [0.1, 0.15) is 39.5 Å². The molecule has 0 aliphatic carbocycles. The molecule has 122 valence electrons. The SMILES string of the molecule is CCCCC(CC)CNC(=O)N1CCN(CC(=O)O)CC1. The Kier molecular flexibility index (Phi) is 8.12. The van der Waals surface area contributed by atoms with Crippen LogP contribution in [0.15, 0.2) is 0 Å². The van der Waals surface area contributed by atoms with E-state index in [1.807, 2.05) is 4.90 Å². The lowest BCUT2D eigenvalue weighted by Gasteiger charge is -2.34. The van der Waals surface area contributed by atoms with E-state index in [4.69, 9.17) is 5.11 Å². The molecular formula is C15H29N3O3. The van der Waals surface area contributed by atoms with Crippen molar-refractivity contribution in [3.8, 4) is 0 Å². The molecule has 2 N–H and O–H groups in total. The van der Waals surface area contributed by atoms with Crippen LogP contribution in [-0.4, -0.2) is 66.2 Å². The number of carbonyl (C=O) groups excluding carboxylic acids is 1. The maximum atomic E-state index is 12.1. The van der Waals surface area contributed by atoms with Gasteiger partial charge in [-0.25, -0.2) is 4.79 Å². The Morgan fingerprint density at radius 3 is 2.38 bits per heavy atom. The summed E-state index contributed by atoms with van der Waals surface area (Å²) in [5.41, 5.74) is 0. The zero-order chi connectivity index (χ0) is 15.7. The highest BCUT2D eigenvalue weighted by atomic mass is 16.4. The van der Waals surface area contributed by atoms with Gasteiger partial charge in [-0.05, 0) is 12.3 Å². The number of hydrogen-bond acceptors (Lipinski definition) is 3. The van der Waals surface area contributed by atoms with Crippen molar-refractivity contribution < 1.29 is 14.7 Å². The standard InChI is InChI=1S/C15H29N3O3/c1-3-5-6-13(4-2)11-16-15(21)18-9-7-17(8-10-18)12-14(19)20/h13H,3-12H2,1-2H3,(H,16,21)(H,19,20). The van der Waals surface area contributed by atoms with Crippen LogP contribution >= 0.6 is 0 Å². The summed E-state index contributed by atoms with van der Waals surface area (Å²) in [6.07, 6.45) is 4.66. The Balaban J connectivity index is 2.25. The third-order valence-corrected chi connectivity index (χ3v) is 4.10. The second-order valence-electron chi connectivity index (χ2n) is 5.76. The van der Waals surface area contributed by atoms with Gasteiger partial charge in [0, 0.05) is 32.7 Å². The van der Waals surface area contributed by atoms with Crippen molar-refractivity contribution in [1.82, 2.24) is 15.1 Å². The van der Waals surface area contributed by atoms with Crippen LogP contribution in [0, 0.1) is 5.92 Å². The molecule has 0 aromatic carbocycles. The summed E-state index contributed by atoms with van der Waals surface area (Å²) < 4.78 is 0. The van der Waals surface area contributed by atoms with Crippen LogP contribution in [0.3, 0.4) is 0 Å². The normalized spacial score (nSPS) is 17.5. The van der Waals surface area contributed by atoms with Gasteiger partial charge in [0.15, 0.2) is 0 Å². The predicted octanol–water partition coefficient (Wildman–Crippen LogP) is 1.61. The van der Waals surface area contributed by atoms with E-state index >= 15 is 0 Å². The summed E-state index contributed by atoms with van der Waals surface area (Å²) >= 11 is 0. The molecule has 2 amide bonds. The molecule has 1 aliphatic rings. The van der Waals surface area contributed by atoms with Crippen molar-refractivity contribution in [2.24, 2.45) is 5.92 Å². The van der Waals surface area contributed by atoms with Gasteiger partial charge in [0.1, 0.15) is 0 Å². The number of amides is 2. The number of rotatable bonds is 8. The summed E-state index contributed by atoms with van der Waals surface area (Å²) in [4.78, 5) is 26.4. The van der Waals surface area contributed by atoms with Crippen LogP contribution in [0.2, 0.25) is 0 Å². The Labute approximate surface area is 127 Å². The molecule has 0 aromatic heterocycles. The average Bonchev–Trinajstić information content (AvgIpc) is 2.47. The fraction of sp³-hybridized carbons (Fsp3) is 0.867. The zero-order valence-electron chi connectivity index (χ0n) is 13.3. The van der Waals surface area contributed by atoms with Crippen molar-refractivity contribution in [3.05, 3.63) is 0 Å². The molecule has 1 unspecified atom stereocenters. The van der Waals surface area contributed by atoms with Crippen molar-refractivity contribution in [3.63, 3.8) is 0 Å². The molecular weight excluding hydrogens is 270 g/mol. The second kappa shape index (κ2) is 9.60. The van der Waals surface area contributed by atoms with Gasteiger partial charge in [0.2, 0.25) is 0 Å². The monoisotopic (exact) mass is 299 g/mol. The first-order valence-electron chi connectivity index (χ1n) is 8.03. The second-order valence-corrected chi connectivity index (χ2v) is 5.76. The minimum absolute atomic E-state index is 0.0140. The lowest BCUT2D eigenvalue weighted by molar-refractivity contribution is -0.138. The number of urea groups is 1. The van der Waals surface area contributed by atoms with E-state index in [9.17, 15) is 9.59 Å². The van der Waals surface area contributed by atoms with Crippen LogP contribution < -0.4 is 5.32 Å². The molecule has 1 fully saturated rings. The zero-order valence-corrected chi connectivity index (χ0v) is 13.3. The summed E-state index contributed by atoms with van der Waals surface area (Å²) in [5.74, 6) is -0.253. The first-order valence-corrected chi connectivity index (χ1v) is 8.03. The lowest BCUT2D eigenvalue weighted by atomic mass is 9.99. The Morgan fingerprint density at radius 2 is 1.86 bits per heavy atom. The van der Waals surface area contributed by atoms with Gasteiger partial charge in [0.05, 0.1) is 6.54 Å². The molecule has 1 aliphatic heterocycles. The van der Waals surface area contributed by atoms with E-state index in [1.165, 1.54) is 19.3 Å². The first kappa shape index (κ1) is 17.8. The van der Waals surface area contributed by atoms with Crippen LogP contribution in [-0.2, 0) is 4.79 Å². The highest BCUT2D eigenvalue weighted by Crippen LogP contribution is 2.11. The number of carboxylic acid groups (broad SMARTS) is 1. The van der Waals surface area contributed by atoms with Gasteiger partial charge in [-0.15, -0.1) is 0 Å². The molecule has 6 heteroatoms. The number of nitrogens with one attached hydrogen (secondary N) is 1. The largest absolute Gasteiger partial charge is 0.480 e. The van der Waals surface area contributed by atoms with Gasteiger partial charge >= 0.3 is 12.0 Å². The van der Waals surface area contributed by atoms with Crippen molar-refractivity contribution in [2.45, 2.75) is 39.5 Å². The quantitative estimate of drug-likeness (QED) is 0.714. The van der Waals surface area contributed by atoms with Crippen LogP contribution in [0.4, 0.5) is 4.79 Å². The molecule has 0 spiro atoms. The first-order chi connectivity index (χ1) is 10.1. The number of carboxylic acids is 1. The number of unbranched alkanes of at least 4 members (excludes halogenated alkanes) is 1. The van der Waals surface area contributed by atoms with Gasteiger partial charge in [-0.1, -0.05) is 33.1 Å². The minimum Gasteiger partial charge on any atom is -0.480 e. The van der Waals surface area contributed by atoms with Crippen molar-refractivity contribution in [1.29, 1.82) is 0 Å². The number of carbonyl (C=O) groups is 2. The molecule has 6 nitrogen and oxygen atoms in total. The Hall–Kier alpha value is -1.30. The molecule has 1 atom stereocenters. The third-order valence-electron chi connectivity index (χ3n) is 4.10. The van der Waals surface area contributed by atoms with Gasteiger partial charge < -0.3 is 15.3 Å². The van der Waals surface area contributed by atoms with Crippen LogP contribution in [0.25, 0.3) is 0 Å². The molecule has 1 rings (SSSR count). The maximum absolute atomic E-state index is 12.1. The molecule has 0 bridgehead atoms. The van der Waals surface area contributed by atoms with Gasteiger partial charge in [-0.2, -0.15) is 0 Å². The maximum Gasteiger partial charge on any atom is 0.317 e. The van der Waals surface area contributed by atoms with E-state index in [-0.39, 0.29) is 12.6 Å². The van der Waals surface area contributed by atoms with E-state index in [0.717, 1.165) is 13.0 Å². The van der Waals surface area contributed by atoms with Gasteiger partial charge in [0.25, 0.3) is 0 Å². The van der Waals surface area contributed by atoms with E-state index in [1.54, 1.807) is 4.90 Å². The molecule has 1 saturated heterocycles. The Morgan fingerprint density at radius 1 is 1.19 bits per heavy atom. The number of hydrogen-bond donors (Lipinski definition) is 2. The van der Waals surface area contributed by atoms with Crippen molar-refractivity contribution in [2.75, 3.05) is 39.3 Å². The summed E-state index contributed by atoms with van der Waals surface area (Å²) in [6.45, 7) is 7.61. The number of piperazine rings is 1. The summed E-state index contributed by atoms with van der Waals surface area (Å²) in [5, 5.41) is 11.8.